The number of rotatable bonds is 12. The van der Waals surface area contributed by atoms with Crippen LogP contribution in [-0.2, 0) is 12.8 Å². The van der Waals surface area contributed by atoms with Gasteiger partial charge in [-0.15, -0.1) is 0 Å². The predicted octanol–water partition coefficient (Wildman–Crippen LogP) is 3.71. The summed E-state index contributed by atoms with van der Waals surface area (Å²) in [6.45, 7) is 3.41. The minimum atomic E-state index is -0.605. The molecule has 148 valence electrons. The first-order valence-corrected chi connectivity index (χ1v) is 10.1. The normalized spacial score (nSPS) is 13.4. The van der Waals surface area contributed by atoms with Crippen molar-refractivity contribution in [2.45, 2.75) is 57.6 Å². The number of nitrogens with one attached hydrogen (secondary N) is 1. The molecule has 0 saturated heterocycles. The lowest BCUT2D eigenvalue weighted by Crippen LogP contribution is -2.30. The van der Waals surface area contributed by atoms with E-state index in [0.29, 0.717) is 12.6 Å². The molecule has 2 aromatic carbocycles. The third-order valence-corrected chi connectivity index (χ3v) is 4.96. The Hall–Kier alpha value is -1.88. The summed E-state index contributed by atoms with van der Waals surface area (Å²) >= 11 is 0. The Morgan fingerprint density at radius 1 is 0.963 bits per heavy atom. The Kier molecular flexibility index (Phi) is 9.32. The van der Waals surface area contributed by atoms with Crippen molar-refractivity contribution in [1.29, 1.82) is 0 Å². The summed E-state index contributed by atoms with van der Waals surface area (Å²) < 4.78 is 0. The first-order chi connectivity index (χ1) is 13.1. The first-order valence-electron chi connectivity index (χ1n) is 10.1. The van der Waals surface area contributed by atoms with Gasteiger partial charge in [0, 0.05) is 12.6 Å². The molecule has 0 heterocycles. The van der Waals surface area contributed by atoms with Crippen LogP contribution in [0.2, 0.25) is 0 Å². The van der Waals surface area contributed by atoms with Crippen molar-refractivity contribution in [3.63, 3.8) is 0 Å². The highest BCUT2D eigenvalue weighted by Gasteiger charge is 2.10. The lowest BCUT2D eigenvalue weighted by molar-refractivity contribution is 0.169. The van der Waals surface area contributed by atoms with Crippen LogP contribution in [0.1, 0.15) is 55.4 Å². The zero-order chi connectivity index (χ0) is 19.5. The standard InChI is InChI=1S/C23H34N2O2/c1-18(25-17-23(27)21-9-5-10-22(26)16-21)6-4-8-20-13-11-19(12-14-20)7-2-3-15-24/h5,9-14,16,18,23,25-27H,2-4,6-8,15,17,24H2,1H3/t18?,23-/m0/s1. The quantitative estimate of drug-likeness (QED) is 0.430. The third-order valence-electron chi connectivity index (χ3n) is 4.96. The molecule has 0 aliphatic carbocycles. The summed E-state index contributed by atoms with van der Waals surface area (Å²) in [6, 6.07) is 16.1. The summed E-state index contributed by atoms with van der Waals surface area (Å²) in [5.74, 6) is 0.185. The smallest absolute Gasteiger partial charge is 0.115 e. The van der Waals surface area contributed by atoms with Crippen molar-refractivity contribution >= 4 is 0 Å². The van der Waals surface area contributed by atoms with E-state index in [0.717, 1.165) is 50.6 Å². The highest BCUT2D eigenvalue weighted by Crippen LogP contribution is 2.18. The van der Waals surface area contributed by atoms with Gasteiger partial charge in [0.15, 0.2) is 0 Å². The largest absolute Gasteiger partial charge is 0.508 e. The number of nitrogens with two attached hydrogens (primary N) is 1. The van der Waals surface area contributed by atoms with E-state index in [1.54, 1.807) is 18.2 Å². The zero-order valence-electron chi connectivity index (χ0n) is 16.4. The van der Waals surface area contributed by atoms with Crippen LogP contribution in [0.25, 0.3) is 0 Å². The summed E-state index contributed by atoms with van der Waals surface area (Å²) in [7, 11) is 0. The molecule has 0 saturated carbocycles. The van der Waals surface area contributed by atoms with Crippen molar-refractivity contribution in [2.75, 3.05) is 13.1 Å². The van der Waals surface area contributed by atoms with E-state index in [9.17, 15) is 10.2 Å². The fourth-order valence-corrected chi connectivity index (χ4v) is 3.22. The van der Waals surface area contributed by atoms with Crippen molar-refractivity contribution in [3.8, 4) is 5.75 Å². The van der Waals surface area contributed by atoms with E-state index in [4.69, 9.17) is 5.73 Å². The molecule has 0 aliphatic rings. The Balaban J connectivity index is 1.64. The van der Waals surface area contributed by atoms with Crippen LogP contribution in [0.3, 0.4) is 0 Å². The molecule has 27 heavy (non-hydrogen) atoms. The second kappa shape index (κ2) is 11.8. The van der Waals surface area contributed by atoms with Crippen LogP contribution in [0, 0.1) is 0 Å². The van der Waals surface area contributed by atoms with E-state index >= 15 is 0 Å². The molecule has 0 radical (unpaired) electrons. The van der Waals surface area contributed by atoms with Crippen LogP contribution in [-0.4, -0.2) is 29.3 Å². The van der Waals surface area contributed by atoms with Crippen LogP contribution in [0.15, 0.2) is 48.5 Å². The molecule has 5 N–H and O–H groups in total. The van der Waals surface area contributed by atoms with E-state index in [1.807, 2.05) is 6.07 Å². The van der Waals surface area contributed by atoms with E-state index < -0.39 is 6.10 Å². The Morgan fingerprint density at radius 2 is 1.63 bits per heavy atom. The highest BCUT2D eigenvalue weighted by molar-refractivity contribution is 5.28. The molecule has 0 amide bonds. The number of phenolic OH excluding ortho intramolecular Hbond substituents is 1. The fourth-order valence-electron chi connectivity index (χ4n) is 3.22. The van der Waals surface area contributed by atoms with Gasteiger partial charge in [-0.05, 0) is 80.8 Å². The zero-order valence-corrected chi connectivity index (χ0v) is 16.4. The molecule has 2 atom stereocenters. The van der Waals surface area contributed by atoms with E-state index in [2.05, 4.69) is 36.5 Å². The second-order valence-corrected chi connectivity index (χ2v) is 7.37. The van der Waals surface area contributed by atoms with Crippen LogP contribution in [0.5, 0.6) is 5.75 Å². The SMILES string of the molecule is CC(CCCc1ccc(CCCCN)cc1)NC[C@H](O)c1cccc(O)c1. The molecule has 4 nitrogen and oxygen atoms in total. The van der Waals surface area contributed by atoms with E-state index in [-0.39, 0.29) is 5.75 Å². The van der Waals surface area contributed by atoms with Gasteiger partial charge < -0.3 is 21.3 Å². The third kappa shape index (κ3) is 8.12. The van der Waals surface area contributed by atoms with Gasteiger partial charge in [0.1, 0.15) is 5.75 Å². The number of phenols is 1. The molecule has 0 fully saturated rings. The molecular formula is C23H34N2O2. The lowest BCUT2D eigenvalue weighted by Gasteiger charge is -2.17. The summed E-state index contributed by atoms with van der Waals surface area (Å²) in [5, 5.41) is 23.1. The van der Waals surface area contributed by atoms with Gasteiger partial charge >= 0.3 is 0 Å². The number of aromatic hydroxyl groups is 1. The van der Waals surface area contributed by atoms with Crippen LogP contribution in [0.4, 0.5) is 0 Å². The lowest BCUT2D eigenvalue weighted by atomic mass is 10.0. The molecule has 4 heteroatoms. The average molecular weight is 371 g/mol. The molecule has 2 aromatic rings. The first kappa shape index (κ1) is 21.4. The van der Waals surface area contributed by atoms with Gasteiger partial charge in [0.05, 0.1) is 6.10 Å². The minimum Gasteiger partial charge on any atom is -0.508 e. The maximum Gasteiger partial charge on any atom is 0.115 e. The Bertz CT molecular complexity index is 658. The molecule has 0 aromatic heterocycles. The highest BCUT2D eigenvalue weighted by atomic mass is 16.3. The monoisotopic (exact) mass is 370 g/mol. The van der Waals surface area contributed by atoms with E-state index in [1.165, 1.54) is 11.1 Å². The van der Waals surface area contributed by atoms with Gasteiger partial charge in [-0.1, -0.05) is 36.4 Å². The summed E-state index contributed by atoms with van der Waals surface area (Å²) in [4.78, 5) is 0. The molecule has 0 aliphatic heterocycles. The van der Waals surface area contributed by atoms with Gasteiger partial charge in [-0.25, -0.2) is 0 Å². The summed E-state index contributed by atoms with van der Waals surface area (Å²) in [5.41, 5.74) is 9.05. The number of hydrogen-bond acceptors (Lipinski definition) is 4. The Labute approximate surface area is 163 Å². The number of unbranched alkanes of at least 4 members (excludes halogenated alkanes) is 1. The molecule has 0 bridgehead atoms. The van der Waals surface area contributed by atoms with Crippen LogP contribution >= 0.6 is 0 Å². The molecule has 1 unspecified atom stereocenters. The number of aliphatic hydroxyl groups excluding tert-OH is 1. The van der Waals surface area contributed by atoms with Gasteiger partial charge in [0.2, 0.25) is 0 Å². The fraction of sp³-hybridized carbons (Fsp3) is 0.478. The topological polar surface area (TPSA) is 78.5 Å². The average Bonchev–Trinajstić information content (AvgIpc) is 2.67. The van der Waals surface area contributed by atoms with Gasteiger partial charge in [0.25, 0.3) is 0 Å². The van der Waals surface area contributed by atoms with Crippen LogP contribution < -0.4 is 11.1 Å². The van der Waals surface area contributed by atoms with Gasteiger partial charge in [-0.2, -0.15) is 0 Å². The van der Waals surface area contributed by atoms with Crippen molar-refractivity contribution in [3.05, 3.63) is 65.2 Å². The van der Waals surface area contributed by atoms with Gasteiger partial charge in [-0.3, -0.25) is 0 Å². The molecule has 0 spiro atoms. The molecule has 2 rings (SSSR count). The maximum atomic E-state index is 10.2. The van der Waals surface area contributed by atoms with Crippen molar-refractivity contribution < 1.29 is 10.2 Å². The maximum absolute atomic E-state index is 10.2. The number of hydrogen-bond donors (Lipinski definition) is 4. The molecular weight excluding hydrogens is 336 g/mol. The number of aryl methyl sites for hydroxylation is 2. The van der Waals surface area contributed by atoms with Crippen molar-refractivity contribution in [2.24, 2.45) is 5.73 Å². The number of aliphatic hydroxyl groups is 1. The summed E-state index contributed by atoms with van der Waals surface area (Å²) in [6.07, 6.45) is 6.00. The van der Waals surface area contributed by atoms with Crippen molar-refractivity contribution in [1.82, 2.24) is 5.32 Å². The predicted molar refractivity (Wildman–Crippen MR) is 112 cm³/mol. The Morgan fingerprint density at radius 3 is 2.26 bits per heavy atom. The minimum absolute atomic E-state index is 0.185. The second-order valence-electron chi connectivity index (χ2n) is 7.37. The number of benzene rings is 2.